The summed E-state index contributed by atoms with van der Waals surface area (Å²) < 4.78 is 0. The molecule has 0 aliphatic heterocycles. The summed E-state index contributed by atoms with van der Waals surface area (Å²) in [6.45, 7) is 12.8. The van der Waals surface area contributed by atoms with Crippen molar-refractivity contribution in [1.29, 1.82) is 0 Å². The Balaban J connectivity index is 3.29. The molecule has 0 aliphatic carbocycles. The molecule has 1 aromatic rings. The van der Waals surface area contributed by atoms with Gasteiger partial charge in [0.25, 0.3) is 0 Å². The molecule has 0 amide bonds. The molecule has 0 aliphatic rings. The maximum atomic E-state index is 3.86. The molecule has 0 unspecified atom stereocenters. The van der Waals surface area contributed by atoms with Gasteiger partial charge in [0.2, 0.25) is 0 Å². The predicted molar refractivity (Wildman–Crippen MR) is 64.6 cm³/mol. The van der Waals surface area contributed by atoms with Crippen LogP contribution in [0.2, 0.25) is 0 Å². The van der Waals surface area contributed by atoms with E-state index in [0.29, 0.717) is 0 Å². The zero-order chi connectivity index (χ0) is 10.8. The fraction of sp³-hybridized carbons (Fsp3) is 0.429. The third kappa shape index (κ3) is 2.25. The fourth-order valence-electron chi connectivity index (χ4n) is 1.65. The Morgan fingerprint density at radius 2 is 1.93 bits per heavy atom. The monoisotopic (exact) mass is 188 g/mol. The highest BCUT2D eigenvalue weighted by atomic mass is 14.2. The van der Waals surface area contributed by atoms with Crippen LogP contribution in [-0.2, 0) is 11.8 Å². The van der Waals surface area contributed by atoms with E-state index in [4.69, 9.17) is 0 Å². The lowest BCUT2D eigenvalue weighted by Crippen LogP contribution is -2.13. The van der Waals surface area contributed by atoms with E-state index in [-0.39, 0.29) is 5.41 Å². The average Bonchev–Trinajstić information content (AvgIpc) is 2.15. The second-order valence-electron chi connectivity index (χ2n) is 4.73. The van der Waals surface area contributed by atoms with E-state index in [1.807, 2.05) is 6.08 Å². The first kappa shape index (κ1) is 11.0. The van der Waals surface area contributed by atoms with Crippen LogP contribution < -0.4 is 0 Å². The lowest BCUT2D eigenvalue weighted by Gasteiger charge is -2.22. The van der Waals surface area contributed by atoms with E-state index >= 15 is 0 Å². The van der Waals surface area contributed by atoms with Gasteiger partial charge >= 0.3 is 0 Å². The van der Waals surface area contributed by atoms with Crippen molar-refractivity contribution in [2.75, 3.05) is 0 Å². The number of hydrogen-bond acceptors (Lipinski definition) is 0. The summed E-state index contributed by atoms with van der Waals surface area (Å²) >= 11 is 0. The highest BCUT2D eigenvalue weighted by Gasteiger charge is 2.16. The van der Waals surface area contributed by atoms with Gasteiger partial charge in [0.1, 0.15) is 0 Å². The number of benzene rings is 1. The van der Waals surface area contributed by atoms with Crippen molar-refractivity contribution in [3.8, 4) is 0 Å². The molecule has 1 aromatic carbocycles. The summed E-state index contributed by atoms with van der Waals surface area (Å²) in [5.74, 6) is 0. The smallest absolute Gasteiger partial charge is 0.0126 e. The predicted octanol–water partition coefficient (Wildman–Crippen LogP) is 4.19. The molecule has 0 aromatic heterocycles. The van der Waals surface area contributed by atoms with Crippen LogP contribution in [0, 0.1) is 0 Å². The summed E-state index contributed by atoms with van der Waals surface area (Å²) in [6.07, 6.45) is 3.04. The van der Waals surface area contributed by atoms with Gasteiger partial charge in [0.15, 0.2) is 0 Å². The van der Waals surface area contributed by atoms with Crippen molar-refractivity contribution in [2.24, 2.45) is 0 Å². The molecule has 0 saturated carbocycles. The first-order chi connectivity index (χ1) is 6.49. The number of hydrogen-bond donors (Lipinski definition) is 0. The van der Waals surface area contributed by atoms with Crippen LogP contribution in [0.4, 0.5) is 0 Å². The summed E-state index contributed by atoms with van der Waals surface area (Å²) in [5, 5.41) is 0. The first-order valence-electron chi connectivity index (χ1n) is 5.25. The van der Waals surface area contributed by atoms with E-state index in [0.717, 1.165) is 6.42 Å². The van der Waals surface area contributed by atoms with E-state index in [1.54, 1.807) is 0 Å². The van der Waals surface area contributed by atoms with Crippen LogP contribution in [0.15, 0.2) is 24.8 Å². The highest BCUT2D eigenvalue weighted by Crippen LogP contribution is 2.27. The van der Waals surface area contributed by atoms with E-state index in [2.05, 4.69) is 52.5 Å². The molecule has 76 valence electrons. The maximum Gasteiger partial charge on any atom is -0.0126 e. The third-order valence-corrected chi connectivity index (χ3v) is 2.55. The van der Waals surface area contributed by atoms with Gasteiger partial charge in [-0.2, -0.15) is 0 Å². The van der Waals surface area contributed by atoms with Gasteiger partial charge in [-0.1, -0.05) is 58.5 Å². The lowest BCUT2D eigenvalue weighted by atomic mass is 9.82. The second-order valence-corrected chi connectivity index (χ2v) is 4.73. The highest BCUT2D eigenvalue weighted by molar-refractivity contribution is 5.55. The van der Waals surface area contributed by atoms with Crippen LogP contribution in [0.25, 0.3) is 6.08 Å². The lowest BCUT2D eigenvalue weighted by molar-refractivity contribution is 0.588. The van der Waals surface area contributed by atoms with E-state index in [9.17, 15) is 0 Å². The molecule has 0 spiro atoms. The molecule has 0 bridgehead atoms. The third-order valence-electron chi connectivity index (χ3n) is 2.55. The van der Waals surface area contributed by atoms with Gasteiger partial charge in [-0.15, -0.1) is 0 Å². The first-order valence-corrected chi connectivity index (χ1v) is 5.25. The van der Waals surface area contributed by atoms with E-state index in [1.165, 1.54) is 16.7 Å². The molecule has 0 heterocycles. The van der Waals surface area contributed by atoms with E-state index < -0.39 is 0 Å². The molecule has 0 atom stereocenters. The summed E-state index contributed by atoms with van der Waals surface area (Å²) in [7, 11) is 0. The van der Waals surface area contributed by atoms with Crippen molar-refractivity contribution in [2.45, 2.75) is 39.5 Å². The molecule has 0 radical (unpaired) electrons. The van der Waals surface area contributed by atoms with Gasteiger partial charge in [0, 0.05) is 0 Å². The largest absolute Gasteiger partial charge is 0.0985 e. The van der Waals surface area contributed by atoms with Crippen molar-refractivity contribution in [1.82, 2.24) is 0 Å². The van der Waals surface area contributed by atoms with Gasteiger partial charge in [-0.3, -0.25) is 0 Å². The van der Waals surface area contributed by atoms with Crippen LogP contribution in [-0.4, -0.2) is 0 Å². The molecular formula is C14H20. The van der Waals surface area contributed by atoms with Gasteiger partial charge in [-0.05, 0) is 28.5 Å². The van der Waals surface area contributed by atoms with Crippen molar-refractivity contribution in [3.05, 3.63) is 41.5 Å². The van der Waals surface area contributed by atoms with Gasteiger partial charge in [0.05, 0.1) is 0 Å². The molecule has 0 nitrogen and oxygen atoms in total. The Kier molecular flexibility index (Phi) is 3.15. The number of rotatable bonds is 2. The Morgan fingerprint density at radius 1 is 1.29 bits per heavy atom. The minimum atomic E-state index is 0.203. The molecule has 0 saturated heterocycles. The minimum absolute atomic E-state index is 0.203. The molecule has 0 fully saturated rings. The summed E-state index contributed by atoms with van der Waals surface area (Å²) in [4.78, 5) is 0. The molecule has 14 heavy (non-hydrogen) atoms. The van der Waals surface area contributed by atoms with Gasteiger partial charge < -0.3 is 0 Å². The van der Waals surface area contributed by atoms with Crippen molar-refractivity contribution >= 4 is 6.08 Å². The quantitative estimate of drug-likeness (QED) is 0.653. The normalized spacial score (nSPS) is 11.4. The topological polar surface area (TPSA) is 0 Å². The standard InChI is InChI=1S/C14H20/c1-6-11-8-9-12(7-2)13(10-11)14(3,4)5/h7-10H,2,6H2,1,3-5H3. The van der Waals surface area contributed by atoms with Crippen molar-refractivity contribution < 1.29 is 0 Å². The van der Waals surface area contributed by atoms with Crippen LogP contribution in [0.3, 0.4) is 0 Å². The zero-order valence-corrected chi connectivity index (χ0v) is 9.72. The van der Waals surface area contributed by atoms with Crippen LogP contribution in [0.1, 0.15) is 44.4 Å². The Morgan fingerprint density at radius 3 is 2.36 bits per heavy atom. The fourth-order valence-corrected chi connectivity index (χ4v) is 1.65. The van der Waals surface area contributed by atoms with Crippen LogP contribution >= 0.6 is 0 Å². The average molecular weight is 188 g/mol. The summed E-state index contributed by atoms with van der Waals surface area (Å²) in [5.41, 5.74) is 4.26. The molecule has 0 N–H and O–H groups in total. The molecule has 0 heteroatoms. The number of aryl methyl sites for hydroxylation is 1. The SMILES string of the molecule is C=Cc1ccc(CC)cc1C(C)(C)C. The Labute approximate surface area is 87.7 Å². The maximum absolute atomic E-state index is 3.86. The minimum Gasteiger partial charge on any atom is -0.0985 e. The zero-order valence-electron chi connectivity index (χ0n) is 9.72. The molecule has 1 rings (SSSR count). The van der Waals surface area contributed by atoms with Crippen molar-refractivity contribution in [3.63, 3.8) is 0 Å². The van der Waals surface area contributed by atoms with Gasteiger partial charge in [-0.25, -0.2) is 0 Å². The van der Waals surface area contributed by atoms with Crippen LogP contribution in [0.5, 0.6) is 0 Å². The Hall–Kier alpha value is -1.04. The second kappa shape index (κ2) is 4.00. The molecular weight excluding hydrogens is 168 g/mol. The summed E-state index contributed by atoms with van der Waals surface area (Å²) in [6, 6.07) is 6.66. The Bertz CT molecular complexity index is 326.